The minimum Gasteiger partial charge on any atom is -1.00 e. The highest BCUT2D eigenvalue weighted by Gasteiger charge is 2.32. The lowest BCUT2D eigenvalue weighted by Gasteiger charge is -2.22. The molecule has 4 nitrogen and oxygen atoms in total. The summed E-state index contributed by atoms with van der Waals surface area (Å²) in [5.74, 6) is 1.31. The van der Waals surface area contributed by atoms with Crippen LogP contribution in [0.15, 0.2) is 18.5 Å². The van der Waals surface area contributed by atoms with Gasteiger partial charge in [0, 0.05) is 10.1 Å². The average Bonchev–Trinajstić information content (AvgIpc) is 2.88. The summed E-state index contributed by atoms with van der Waals surface area (Å²) in [6.45, 7) is 5.49. The Morgan fingerprint density at radius 2 is 1.77 bits per heavy atom. The highest BCUT2D eigenvalue weighted by atomic mass is 35.5. The van der Waals surface area contributed by atoms with Gasteiger partial charge in [-0.3, -0.25) is 12.9 Å². The molecule has 0 N–H and O–H groups in total. The molecule has 0 aliphatic carbocycles. The van der Waals surface area contributed by atoms with E-state index in [2.05, 4.69) is 23.5 Å². The number of hydrogen-bond donors (Lipinski definition) is 0. The molecule has 2 heterocycles. The van der Waals surface area contributed by atoms with Gasteiger partial charge in [0.2, 0.25) is 6.33 Å². The third kappa shape index (κ3) is 5.48. The second-order valence-corrected chi connectivity index (χ2v) is 6.93. The second kappa shape index (κ2) is 9.78. The number of fused-ring (bicyclic) bond motifs is 1. The van der Waals surface area contributed by atoms with E-state index in [9.17, 15) is 12.9 Å². The largest absolute Gasteiger partial charge is 1.00 e. The standard InChI is InChI=1S/C14H15Cl3N3O.BF3.FH/c1-8(2)12-5-21-6-13-18-20(7-19(12)13)14-10(16)3-9(15)4-11(14)17;2-1(3)4;/h3-4,7-8,12H,5-6H2,1-2H3;;1H/q+1;;/p-1/t12-;;/m1../s1. The number of nitrogens with zero attached hydrogens (tertiary/aromatic N) is 3. The molecular weight excluding hydrogens is 419 g/mol. The highest BCUT2D eigenvalue weighted by molar-refractivity contribution is 6.40. The van der Waals surface area contributed by atoms with Crippen molar-refractivity contribution >= 4 is 42.3 Å². The molecule has 1 atom stereocenters. The second-order valence-electron chi connectivity index (χ2n) is 5.68. The van der Waals surface area contributed by atoms with Crippen molar-refractivity contribution in [2.45, 2.75) is 26.5 Å². The summed E-state index contributed by atoms with van der Waals surface area (Å²) in [5, 5.41) is 5.98. The van der Waals surface area contributed by atoms with E-state index in [1.165, 1.54) is 0 Å². The first-order valence-corrected chi connectivity index (χ1v) is 8.48. The molecule has 0 amide bonds. The third-order valence-corrected chi connectivity index (χ3v) is 4.41. The molecule has 0 radical (unpaired) electrons. The van der Waals surface area contributed by atoms with Crippen LogP contribution in [0.4, 0.5) is 12.9 Å². The molecule has 0 spiro atoms. The van der Waals surface area contributed by atoms with Gasteiger partial charge in [0.05, 0.1) is 16.7 Å². The zero-order valence-corrected chi connectivity index (χ0v) is 16.0. The predicted molar refractivity (Wildman–Crippen MR) is 91.4 cm³/mol. The maximum atomic E-state index is 9.67. The van der Waals surface area contributed by atoms with Crippen molar-refractivity contribution in [3.8, 4) is 5.69 Å². The topological polar surface area (TPSA) is 30.9 Å². The lowest BCUT2D eigenvalue weighted by molar-refractivity contribution is -0.749. The van der Waals surface area contributed by atoms with Gasteiger partial charge >= 0.3 is 13.4 Å². The van der Waals surface area contributed by atoms with Crippen LogP contribution in [-0.4, -0.2) is 23.9 Å². The van der Waals surface area contributed by atoms with Crippen LogP contribution in [0.3, 0.4) is 0 Å². The Morgan fingerprint density at radius 1 is 1.23 bits per heavy atom. The minimum atomic E-state index is -3.67. The molecule has 0 fully saturated rings. The summed E-state index contributed by atoms with van der Waals surface area (Å²) < 4.78 is 38.4. The Hall–Kier alpha value is -1.03. The normalized spacial score (nSPS) is 15.7. The fourth-order valence-electron chi connectivity index (χ4n) is 2.49. The summed E-state index contributed by atoms with van der Waals surface area (Å²) in [6, 6.07) is 3.57. The minimum absolute atomic E-state index is 0. The zero-order valence-electron chi connectivity index (χ0n) is 13.8. The van der Waals surface area contributed by atoms with Gasteiger partial charge in [0.25, 0.3) is 0 Å². The summed E-state index contributed by atoms with van der Waals surface area (Å²) in [4.78, 5) is 0. The molecule has 1 aromatic heterocycles. The van der Waals surface area contributed by atoms with E-state index < -0.39 is 7.54 Å². The molecule has 0 unspecified atom stereocenters. The van der Waals surface area contributed by atoms with Crippen molar-refractivity contribution in [2.24, 2.45) is 5.92 Å². The fraction of sp³-hybridized carbons (Fsp3) is 0.429. The number of hydrogen-bond acceptors (Lipinski definition) is 2. The Bertz CT molecular complexity index is 722. The predicted octanol–water partition coefficient (Wildman–Crippen LogP) is 1.73. The Labute approximate surface area is 163 Å². The molecule has 2 aromatic rings. The van der Waals surface area contributed by atoms with Crippen LogP contribution >= 0.6 is 34.8 Å². The van der Waals surface area contributed by atoms with Crippen LogP contribution in [0.2, 0.25) is 15.1 Å². The van der Waals surface area contributed by atoms with Gasteiger partial charge in [-0.15, -0.1) is 0 Å². The first-order valence-electron chi connectivity index (χ1n) is 7.35. The van der Waals surface area contributed by atoms with Gasteiger partial charge in [0.15, 0.2) is 5.69 Å². The fourth-order valence-corrected chi connectivity index (χ4v) is 3.48. The average molecular weight is 434 g/mol. The van der Waals surface area contributed by atoms with E-state index in [0.29, 0.717) is 39.9 Å². The number of halogens is 7. The van der Waals surface area contributed by atoms with E-state index >= 15 is 0 Å². The molecule has 26 heavy (non-hydrogen) atoms. The summed E-state index contributed by atoms with van der Waals surface area (Å²) in [5.41, 5.74) is 0.632. The smallest absolute Gasteiger partial charge is 0.762 e. The van der Waals surface area contributed by atoms with E-state index in [0.717, 1.165) is 5.82 Å². The first kappa shape index (κ1) is 23.0. The quantitative estimate of drug-likeness (QED) is 0.410. The highest BCUT2D eigenvalue weighted by Crippen LogP contribution is 2.32. The zero-order chi connectivity index (χ0) is 18.7. The summed E-state index contributed by atoms with van der Waals surface area (Å²) in [7, 11) is -3.67. The van der Waals surface area contributed by atoms with Crippen LogP contribution < -0.4 is 9.27 Å². The van der Waals surface area contributed by atoms with Gasteiger partial charge < -0.3 is 9.44 Å². The Balaban J connectivity index is 0.000000616. The molecule has 0 saturated heterocycles. The van der Waals surface area contributed by atoms with Crippen molar-refractivity contribution in [1.29, 1.82) is 0 Å². The van der Waals surface area contributed by atoms with E-state index in [1.54, 1.807) is 16.8 Å². The molecule has 12 heteroatoms. The SMILES string of the molecule is CC(C)[C@H]1COCc2nn(-c3c(Cl)cc(Cl)cc3Cl)c[n+]21.FB(F)F.[F-]. The van der Waals surface area contributed by atoms with Gasteiger partial charge in [-0.05, 0) is 18.1 Å². The number of rotatable bonds is 2. The monoisotopic (exact) mass is 433 g/mol. The molecule has 1 aromatic carbocycles. The van der Waals surface area contributed by atoms with Gasteiger partial charge in [0.1, 0.15) is 12.6 Å². The molecule has 0 bridgehead atoms. The maximum Gasteiger partial charge on any atom is 0.762 e. The lowest BCUT2D eigenvalue weighted by Crippen LogP contribution is -3.00. The molecule has 1 aliphatic rings. The molecule has 0 saturated carbocycles. The van der Waals surface area contributed by atoms with E-state index in [1.807, 2.05) is 6.33 Å². The van der Waals surface area contributed by atoms with Gasteiger partial charge in [-0.25, -0.2) is 4.57 Å². The first-order chi connectivity index (χ1) is 11.7. The lowest BCUT2D eigenvalue weighted by atomic mass is 10.0. The number of benzene rings is 1. The van der Waals surface area contributed by atoms with Crippen molar-refractivity contribution in [3.63, 3.8) is 0 Å². The van der Waals surface area contributed by atoms with Crippen LogP contribution in [0.25, 0.3) is 5.69 Å². The Kier molecular flexibility index (Phi) is 8.66. The van der Waals surface area contributed by atoms with E-state index in [-0.39, 0.29) is 10.7 Å². The molecule has 3 rings (SSSR count). The van der Waals surface area contributed by atoms with Crippen LogP contribution in [-0.2, 0) is 11.3 Å². The number of ether oxygens (including phenoxy) is 1. The third-order valence-electron chi connectivity index (χ3n) is 3.61. The maximum absolute atomic E-state index is 9.67. The van der Waals surface area contributed by atoms with Crippen LogP contribution in [0, 0.1) is 5.92 Å². The molecule has 1 aliphatic heterocycles. The molecular formula is C14H15BCl3F4N3O. The Morgan fingerprint density at radius 3 is 2.27 bits per heavy atom. The van der Waals surface area contributed by atoms with E-state index in [4.69, 9.17) is 39.5 Å². The van der Waals surface area contributed by atoms with Crippen LogP contribution in [0.5, 0.6) is 0 Å². The van der Waals surface area contributed by atoms with Crippen molar-refractivity contribution in [1.82, 2.24) is 9.78 Å². The van der Waals surface area contributed by atoms with Gasteiger partial charge in [-0.2, -0.15) is 0 Å². The number of aromatic nitrogens is 3. The van der Waals surface area contributed by atoms with Crippen LogP contribution in [0.1, 0.15) is 25.7 Å². The molecule has 144 valence electrons. The summed E-state index contributed by atoms with van der Waals surface area (Å²) in [6.07, 6.45) is 1.92. The van der Waals surface area contributed by atoms with Crippen molar-refractivity contribution < 1.29 is 27.0 Å². The van der Waals surface area contributed by atoms with Crippen molar-refractivity contribution in [2.75, 3.05) is 6.61 Å². The summed E-state index contributed by atoms with van der Waals surface area (Å²) >= 11 is 18.5. The van der Waals surface area contributed by atoms with Gasteiger partial charge in [-0.1, -0.05) is 53.3 Å². The van der Waals surface area contributed by atoms with Crippen molar-refractivity contribution in [3.05, 3.63) is 39.4 Å².